The summed E-state index contributed by atoms with van der Waals surface area (Å²) in [7, 11) is 1.20. The zero-order valence-electron chi connectivity index (χ0n) is 15.7. The Kier molecular flexibility index (Phi) is 6.38. The van der Waals surface area contributed by atoms with Crippen molar-refractivity contribution in [2.24, 2.45) is 5.92 Å². The number of hydrogen-bond acceptors (Lipinski definition) is 7. The van der Waals surface area contributed by atoms with Crippen molar-refractivity contribution < 1.29 is 33.7 Å². The number of fused-ring (bicyclic) bond motifs is 1. The zero-order chi connectivity index (χ0) is 20.3. The Morgan fingerprint density at radius 3 is 2.63 bits per heavy atom. The molecule has 0 bridgehead atoms. The van der Waals surface area contributed by atoms with Crippen LogP contribution in [0.25, 0.3) is 0 Å². The summed E-state index contributed by atoms with van der Waals surface area (Å²) in [5.74, 6) is -3.02. The summed E-state index contributed by atoms with van der Waals surface area (Å²) in [4.78, 5) is 36.4. The number of aliphatic hydroxyl groups is 1. The Labute approximate surface area is 158 Å². The predicted octanol–water partition coefficient (Wildman–Crippen LogP) is 1.77. The van der Waals surface area contributed by atoms with Crippen molar-refractivity contribution in [3.05, 3.63) is 47.6 Å². The zero-order valence-corrected chi connectivity index (χ0v) is 15.7. The lowest BCUT2D eigenvalue weighted by Crippen LogP contribution is -2.43. The first-order valence-corrected chi connectivity index (χ1v) is 8.57. The monoisotopic (exact) mass is 376 g/mol. The highest BCUT2D eigenvalue weighted by Crippen LogP contribution is 2.36. The molecule has 7 nitrogen and oxygen atoms in total. The van der Waals surface area contributed by atoms with E-state index in [1.54, 1.807) is 12.2 Å². The minimum atomic E-state index is -1.44. The van der Waals surface area contributed by atoms with Crippen LogP contribution in [0, 0.1) is 5.92 Å². The maximum Gasteiger partial charge on any atom is 0.337 e. The molecule has 146 valence electrons. The first-order chi connectivity index (χ1) is 12.7. The molecule has 1 N–H and O–H groups in total. The quantitative estimate of drug-likeness (QED) is 0.347. The van der Waals surface area contributed by atoms with Crippen LogP contribution in [0.1, 0.15) is 26.7 Å². The molecule has 0 aromatic carbocycles. The van der Waals surface area contributed by atoms with Crippen LogP contribution in [0.4, 0.5) is 0 Å². The second kappa shape index (κ2) is 8.35. The van der Waals surface area contributed by atoms with E-state index in [0.29, 0.717) is 12.8 Å². The minimum Gasteiger partial charge on any atom is -0.466 e. The third-order valence-electron chi connectivity index (χ3n) is 4.60. The molecule has 4 atom stereocenters. The SMILES string of the molecule is C=C(C)C(=O)OC1C(C(=O)OC)=CCCC(C)=CC2OC(=O)C(=C)C2C1O. The van der Waals surface area contributed by atoms with Gasteiger partial charge >= 0.3 is 17.9 Å². The van der Waals surface area contributed by atoms with Gasteiger partial charge in [0.05, 0.1) is 18.6 Å². The predicted molar refractivity (Wildman–Crippen MR) is 96.3 cm³/mol. The molecule has 0 radical (unpaired) electrons. The summed E-state index contributed by atoms with van der Waals surface area (Å²) in [5, 5.41) is 11.0. The van der Waals surface area contributed by atoms with Crippen LogP contribution in [0.2, 0.25) is 0 Å². The third kappa shape index (κ3) is 4.36. The van der Waals surface area contributed by atoms with Crippen molar-refractivity contribution in [3.8, 4) is 0 Å². The lowest BCUT2D eigenvalue weighted by atomic mass is 9.83. The van der Waals surface area contributed by atoms with E-state index in [1.165, 1.54) is 14.0 Å². The lowest BCUT2D eigenvalue weighted by molar-refractivity contribution is -0.153. The maximum absolute atomic E-state index is 12.3. The number of allylic oxidation sites excluding steroid dienone is 2. The molecule has 27 heavy (non-hydrogen) atoms. The largest absolute Gasteiger partial charge is 0.466 e. The molecule has 0 amide bonds. The van der Waals surface area contributed by atoms with Crippen molar-refractivity contribution in [1.82, 2.24) is 0 Å². The van der Waals surface area contributed by atoms with Gasteiger partial charge in [-0.1, -0.05) is 24.8 Å². The number of carbonyl (C=O) groups excluding carboxylic acids is 3. The molecule has 0 spiro atoms. The number of aliphatic hydroxyl groups excluding tert-OH is 1. The van der Waals surface area contributed by atoms with E-state index < -0.39 is 42.1 Å². The van der Waals surface area contributed by atoms with Gasteiger partial charge in [-0.05, 0) is 32.8 Å². The molecule has 1 aliphatic carbocycles. The Hall–Kier alpha value is -2.67. The molecule has 1 saturated heterocycles. The Balaban J connectivity index is 2.54. The van der Waals surface area contributed by atoms with Crippen molar-refractivity contribution in [2.75, 3.05) is 7.11 Å². The lowest BCUT2D eigenvalue weighted by Gasteiger charge is -2.30. The van der Waals surface area contributed by atoms with Crippen LogP contribution >= 0.6 is 0 Å². The normalized spacial score (nSPS) is 28.3. The van der Waals surface area contributed by atoms with Gasteiger partial charge in [0.25, 0.3) is 0 Å². The molecular formula is C20H24O7. The molecule has 1 aliphatic heterocycles. The van der Waals surface area contributed by atoms with E-state index in [-0.39, 0.29) is 16.7 Å². The Morgan fingerprint density at radius 2 is 2.04 bits per heavy atom. The Morgan fingerprint density at radius 1 is 1.37 bits per heavy atom. The Bertz CT molecular complexity index is 743. The molecule has 7 heteroatoms. The molecule has 2 rings (SSSR count). The van der Waals surface area contributed by atoms with Gasteiger partial charge in [-0.25, -0.2) is 14.4 Å². The molecule has 1 fully saturated rings. The first kappa shape index (κ1) is 20.6. The van der Waals surface area contributed by atoms with E-state index in [0.717, 1.165) is 5.57 Å². The van der Waals surface area contributed by atoms with Crippen molar-refractivity contribution in [3.63, 3.8) is 0 Å². The standard InChI is InChI=1S/C20H24O7/c1-10(2)18(22)27-17-13(20(24)25-5)8-6-7-11(3)9-14-15(16(17)21)12(4)19(23)26-14/h8-9,14-17,21H,1,4,6-7H2,2-3,5H3. The van der Waals surface area contributed by atoms with E-state index in [1.807, 2.05) is 6.92 Å². The van der Waals surface area contributed by atoms with Crippen LogP contribution in [0.15, 0.2) is 47.6 Å². The summed E-state index contributed by atoms with van der Waals surface area (Å²) in [6.07, 6.45) is 0.805. The van der Waals surface area contributed by atoms with Gasteiger partial charge in [0.15, 0.2) is 6.10 Å². The maximum atomic E-state index is 12.3. The van der Waals surface area contributed by atoms with Gasteiger partial charge in [0.2, 0.25) is 0 Å². The van der Waals surface area contributed by atoms with Gasteiger partial charge < -0.3 is 19.3 Å². The highest BCUT2D eigenvalue weighted by Gasteiger charge is 2.47. The second-order valence-electron chi connectivity index (χ2n) is 6.72. The van der Waals surface area contributed by atoms with E-state index in [9.17, 15) is 19.5 Å². The highest BCUT2D eigenvalue weighted by atomic mass is 16.6. The fourth-order valence-electron chi connectivity index (χ4n) is 3.12. The number of ether oxygens (including phenoxy) is 3. The van der Waals surface area contributed by atoms with Crippen LogP contribution < -0.4 is 0 Å². The molecule has 0 aromatic rings. The van der Waals surface area contributed by atoms with Gasteiger partial charge in [-0.2, -0.15) is 0 Å². The van der Waals surface area contributed by atoms with E-state index >= 15 is 0 Å². The molecule has 0 saturated carbocycles. The average Bonchev–Trinajstić information content (AvgIpc) is 2.88. The smallest absolute Gasteiger partial charge is 0.337 e. The molecule has 0 aromatic heterocycles. The highest BCUT2D eigenvalue weighted by molar-refractivity contribution is 5.93. The van der Waals surface area contributed by atoms with Gasteiger partial charge in [0.1, 0.15) is 12.2 Å². The molecule has 2 aliphatic rings. The van der Waals surface area contributed by atoms with Crippen molar-refractivity contribution >= 4 is 17.9 Å². The summed E-state index contributed by atoms with van der Waals surface area (Å²) in [5.41, 5.74) is 1.09. The average molecular weight is 376 g/mol. The van der Waals surface area contributed by atoms with Crippen LogP contribution in [-0.4, -0.2) is 48.4 Å². The third-order valence-corrected chi connectivity index (χ3v) is 4.60. The molecular weight excluding hydrogens is 352 g/mol. The summed E-state index contributed by atoms with van der Waals surface area (Å²) in [6.45, 7) is 10.5. The van der Waals surface area contributed by atoms with Gasteiger partial charge in [-0.3, -0.25) is 0 Å². The number of rotatable bonds is 3. The second-order valence-corrected chi connectivity index (χ2v) is 6.72. The van der Waals surface area contributed by atoms with Gasteiger partial charge in [0, 0.05) is 11.1 Å². The summed E-state index contributed by atoms with van der Waals surface area (Å²) in [6, 6.07) is 0. The minimum absolute atomic E-state index is 0.000184. The summed E-state index contributed by atoms with van der Waals surface area (Å²) >= 11 is 0. The number of hydrogen-bond donors (Lipinski definition) is 1. The number of carbonyl (C=O) groups is 3. The van der Waals surface area contributed by atoms with E-state index in [2.05, 4.69) is 13.2 Å². The van der Waals surface area contributed by atoms with Crippen molar-refractivity contribution in [1.29, 1.82) is 0 Å². The fraction of sp³-hybridized carbons (Fsp3) is 0.450. The van der Waals surface area contributed by atoms with E-state index in [4.69, 9.17) is 14.2 Å². The first-order valence-electron chi connectivity index (χ1n) is 8.57. The van der Waals surface area contributed by atoms with Crippen LogP contribution in [0.3, 0.4) is 0 Å². The molecule has 1 heterocycles. The fourth-order valence-corrected chi connectivity index (χ4v) is 3.12. The van der Waals surface area contributed by atoms with Crippen LogP contribution in [-0.2, 0) is 28.6 Å². The molecule has 4 unspecified atom stereocenters. The topological polar surface area (TPSA) is 99.1 Å². The number of methoxy groups -OCH3 is 1. The number of esters is 3. The summed E-state index contributed by atoms with van der Waals surface area (Å²) < 4.78 is 15.5. The van der Waals surface area contributed by atoms with Crippen LogP contribution in [0.5, 0.6) is 0 Å². The van der Waals surface area contributed by atoms with Gasteiger partial charge in [-0.15, -0.1) is 0 Å². The van der Waals surface area contributed by atoms with Crippen molar-refractivity contribution in [2.45, 2.75) is 45.0 Å².